The Kier molecular flexibility index (Phi) is 7.66. The molecule has 0 aromatic heterocycles. The number of hydrogen-bond acceptors (Lipinski definition) is 2. The number of halogens is 6. The zero-order valence-corrected chi connectivity index (χ0v) is 19.8. The lowest BCUT2D eigenvalue weighted by atomic mass is 9.98. The summed E-state index contributed by atoms with van der Waals surface area (Å²) < 4.78 is 79.2. The van der Waals surface area contributed by atoms with Gasteiger partial charge in [0.05, 0.1) is 17.2 Å². The van der Waals surface area contributed by atoms with Crippen LogP contribution in [0, 0.1) is 0 Å². The minimum absolute atomic E-state index is 0.0188. The highest BCUT2D eigenvalue weighted by Crippen LogP contribution is 2.37. The molecule has 2 N–H and O–H groups in total. The Hall–Kier alpha value is -4.02. The number of likely N-dealkylation sites (tertiary alicyclic amines) is 1. The molecule has 3 amide bonds. The van der Waals surface area contributed by atoms with Gasteiger partial charge in [-0.2, -0.15) is 26.3 Å². The molecule has 3 aromatic rings. The maximum Gasteiger partial charge on any atom is 0.416 e. The van der Waals surface area contributed by atoms with Gasteiger partial charge in [-0.3, -0.25) is 4.79 Å². The summed E-state index contributed by atoms with van der Waals surface area (Å²) in [4.78, 5) is 27.4. The van der Waals surface area contributed by atoms with E-state index in [1.54, 1.807) is 0 Å². The molecule has 4 rings (SSSR count). The van der Waals surface area contributed by atoms with E-state index in [2.05, 4.69) is 10.6 Å². The second-order valence-electron chi connectivity index (χ2n) is 8.84. The van der Waals surface area contributed by atoms with Crippen molar-refractivity contribution in [3.63, 3.8) is 0 Å². The van der Waals surface area contributed by atoms with Gasteiger partial charge < -0.3 is 15.5 Å². The fourth-order valence-electron chi connectivity index (χ4n) is 4.39. The zero-order valence-electron chi connectivity index (χ0n) is 19.8. The van der Waals surface area contributed by atoms with E-state index in [4.69, 9.17) is 0 Å². The molecule has 11 heteroatoms. The fraction of sp³-hybridized carbons (Fsp3) is 0.259. The van der Waals surface area contributed by atoms with Crippen molar-refractivity contribution in [2.45, 2.75) is 37.3 Å². The van der Waals surface area contributed by atoms with E-state index in [1.807, 2.05) is 60.7 Å². The van der Waals surface area contributed by atoms with Gasteiger partial charge in [0.1, 0.15) is 6.04 Å². The number of nitrogens with one attached hydrogen (secondary N) is 2. The number of hydrogen-bond donors (Lipinski definition) is 2. The van der Waals surface area contributed by atoms with Crippen LogP contribution < -0.4 is 10.6 Å². The van der Waals surface area contributed by atoms with Crippen LogP contribution in [-0.4, -0.2) is 29.4 Å². The van der Waals surface area contributed by atoms with Crippen molar-refractivity contribution >= 4 is 17.6 Å². The summed E-state index contributed by atoms with van der Waals surface area (Å²) in [7, 11) is 0. The average Bonchev–Trinajstić information content (AvgIpc) is 3.37. The highest BCUT2D eigenvalue weighted by molar-refractivity contribution is 5.94. The van der Waals surface area contributed by atoms with E-state index in [0.29, 0.717) is 18.6 Å². The quantitative estimate of drug-likeness (QED) is 0.361. The Morgan fingerprint density at radius 1 is 0.789 bits per heavy atom. The van der Waals surface area contributed by atoms with Crippen LogP contribution in [0.2, 0.25) is 0 Å². The topological polar surface area (TPSA) is 61.4 Å². The Balaban J connectivity index is 1.55. The van der Waals surface area contributed by atoms with Gasteiger partial charge in [0.2, 0.25) is 5.91 Å². The molecule has 1 saturated heterocycles. The number of nitrogens with zero attached hydrogens (tertiary/aromatic N) is 1. The number of alkyl halides is 6. The number of carbonyl (C=O) groups excluding carboxylic acids is 2. The predicted molar refractivity (Wildman–Crippen MR) is 128 cm³/mol. The average molecular weight is 535 g/mol. The Morgan fingerprint density at radius 2 is 1.29 bits per heavy atom. The number of carbonyl (C=O) groups is 2. The van der Waals surface area contributed by atoms with Gasteiger partial charge in [0.15, 0.2) is 0 Å². The van der Waals surface area contributed by atoms with Crippen molar-refractivity contribution in [1.29, 1.82) is 0 Å². The minimum Gasteiger partial charge on any atom is -0.343 e. The van der Waals surface area contributed by atoms with Crippen LogP contribution in [0.3, 0.4) is 0 Å². The molecule has 0 aliphatic carbocycles. The van der Waals surface area contributed by atoms with Crippen LogP contribution in [0.4, 0.5) is 36.8 Å². The zero-order chi connectivity index (χ0) is 27.5. The first kappa shape index (κ1) is 27.0. The molecule has 0 radical (unpaired) electrons. The number of benzene rings is 3. The molecular weight excluding hydrogens is 512 g/mol. The lowest BCUT2D eigenvalue weighted by Gasteiger charge is -2.27. The van der Waals surface area contributed by atoms with Crippen LogP contribution in [0.15, 0.2) is 78.9 Å². The smallest absolute Gasteiger partial charge is 0.343 e. The highest BCUT2D eigenvalue weighted by Gasteiger charge is 2.38. The summed E-state index contributed by atoms with van der Waals surface area (Å²) in [6.45, 7) is 0.107. The van der Waals surface area contributed by atoms with Gasteiger partial charge in [0.25, 0.3) is 0 Å². The molecule has 1 unspecified atom stereocenters. The van der Waals surface area contributed by atoms with E-state index in [0.717, 1.165) is 16.0 Å². The molecule has 1 aliphatic rings. The van der Waals surface area contributed by atoms with Crippen LogP contribution >= 0.6 is 0 Å². The van der Waals surface area contributed by atoms with Crippen molar-refractivity contribution in [3.8, 4) is 0 Å². The molecule has 0 spiro atoms. The molecule has 200 valence electrons. The Morgan fingerprint density at radius 3 is 1.76 bits per heavy atom. The monoisotopic (exact) mass is 535 g/mol. The Labute approximate surface area is 214 Å². The number of anilines is 1. The molecule has 38 heavy (non-hydrogen) atoms. The van der Waals surface area contributed by atoms with E-state index in [-0.39, 0.29) is 19.0 Å². The second-order valence-corrected chi connectivity index (χ2v) is 8.84. The first-order chi connectivity index (χ1) is 17.9. The van der Waals surface area contributed by atoms with E-state index < -0.39 is 53.2 Å². The van der Waals surface area contributed by atoms with Gasteiger partial charge in [0, 0.05) is 12.2 Å². The van der Waals surface area contributed by atoms with E-state index in [9.17, 15) is 35.9 Å². The van der Waals surface area contributed by atoms with Crippen LogP contribution in [0.5, 0.6) is 0 Å². The first-order valence-corrected chi connectivity index (χ1v) is 11.7. The molecular formula is C27H23F6N3O2. The largest absolute Gasteiger partial charge is 0.416 e. The van der Waals surface area contributed by atoms with E-state index in [1.165, 1.54) is 0 Å². The first-order valence-electron chi connectivity index (χ1n) is 11.7. The summed E-state index contributed by atoms with van der Waals surface area (Å²) in [6.07, 6.45) is -9.39. The van der Waals surface area contributed by atoms with Gasteiger partial charge in [-0.05, 0) is 42.2 Å². The fourth-order valence-corrected chi connectivity index (χ4v) is 4.39. The van der Waals surface area contributed by atoms with Crippen molar-refractivity contribution in [3.05, 3.63) is 101 Å². The van der Waals surface area contributed by atoms with Gasteiger partial charge in [-0.15, -0.1) is 0 Å². The SMILES string of the molecule is O=C(NC(c1ccccc1)c1ccccc1)C1CCCN1C(=O)Nc1cc(C(F)(F)F)cc(C(F)(F)F)c1. The molecule has 1 aliphatic heterocycles. The molecule has 5 nitrogen and oxygen atoms in total. The third kappa shape index (κ3) is 6.27. The van der Waals surface area contributed by atoms with Gasteiger partial charge in [-0.1, -0.05) is 60.7 Å². The van der Waals surface area contributed by atoms with Crippen molar-refractivity contribution in [1.82, 2.24) is 10.2 Å². The van der Waals surface area contributed by atoms with Gasteiger partial charge >= 0.3 is 18.4 Å². The molecule has 1 atom stereocenters. The van der Waals surface area contributed by atoms with Crippen molar-refractivity contribution in [2.75, 3.05) is 11.9 Å². The molecule has 1 fully saturated rings. The number of urea groups is 1. The van der Waals surface area contributed by atoms with Crippen LogP contribution in [0.1, 0.15) is 41.1 Å². The number of amides is 3. The van der Waals surface area contributed by atoms with E-state index >= 15 is 0 Å². The predicted octanol–water partition coefficient (Wildman–Crippen LogP) is 6.63. The minimum atomic E-state index is -5.05. The lowest BCUT2D eigenvalue weighted by Crippen LogP contribution is -2.48. The summed E-state index contributed by atoms with van der Waals surface area (Å²) >= 11 is 0. The third-order valence-electron chi connectivity index (χ3n) is 6.21. The normalized spacial score (nSPS) is 16.0. The standard InChI is InChI=1S/C27H23F6N3O2/c28-26(29,30)19-14-20(27(31,32)33)16-21(15-19)34-25(38)36-13-7-12-22(36)24(37)35-23(17-8-3-1-4-9-17)18-10-5-2-6-11-18/h1-6,8-11,14-16,22-23H,7,12-13H2,(H,34,38)(H,35,37). The summed E-state index contributed by atoms with van der Waals surface area (Å²) in [5.74, 6) is -0.490. The summed E-state index contributed by atoms with van der Waals surface area (Å²) in [5.41, 5.74) is -2.18. The van der Waals surface area contributed by atoms with Crippen molar-refractivity contribution < 1.29 is 35.9 Å². The Bertz CT molecular complexity index is 1210. The molecule has 0 bridgehead atoms. The molecule has 3 aromatic carbocycles. The maximum atomic E-state index is 13.3. The van der Waals surface area contributed by atoms with Crippen molar-refractivity contribution in [2.24, 2.45) is 0 Å². The maximum absolute atomic E-state index is 13.3. The summed E-state index contributed by atoms with van der Waals surface area (Å²) in [5, 5.41) is 5.06. The highest BCUT2D eigenvalue weighted by atomic mass is 19.4. The van der Waals surface area contributed by atoms with Gasteiger partial charge in [-0.25, -0.2) is 4.79 Å². The lowest BCUT2D eigenvalue weighted by molar-refractivity contribution is -0.143. The number of rotatable bonds is 5. The molecule has 0 saturated carbocycles. The third-order valence-corrected chi connectivity index (χ3v) is 6.21. The summed E-state index contributed by atoms with van der Waals surface area (Å²) in [6, 6.07) is 16.6. The van der Waals surface area contributed by atoms with Crippen LogP contribution in [-0.2, 0) is 17.1 Å². The van der Waals surface area contributed by atoms with Crippen LogP contribution in [0.25, 0.3) is 0 Å². The molecule has 1 heterocycles. The second kappa shape index (κ2) is 10.8.